The quantitative estimate of drug-likeness (QED) is 0.872. The molecule has 1 saturated heterocycles. The molecule has 1 unspecified atom stereocenters. The molecule has 0 aliphatic carbocycles. The monoisotopic (exact) mass is 391 g/mol. The molecule has 2 N–H and O–H groups in total. The van der Waals surface area contributed by atoms with Crippen LogP contribution in [-0.2, 0) is 11.2 Å². The molecule has 2 aromatic rings. The number of aromatic nitrogens is 1. The molecule has 1 fully saturated rings. The van der Waals surface area contributed by atoms with Crippen molar-refractivity contribution in [1.82, 2.24) is 9.88 Å². The molecule has 1 aliphatic rings. The first-order chi connectivity index (χ1) is 10.6. The van der Waals surface area contributed by atoms with Crippen LogP contribution in [0.2, 0.25) is 0 Å². The molecule has 132 valence electrons. The first-order valence-corrected chi connectivity index (χ1v) is 8.23. The van der Waals surface area contributed by atoms with Gasteiger partial charge in [-0.15, -0.1) is 36.2 Å². The molecule has 1 aliphatic heterocycles. The number of piperidine rings is 1. The zero-order valence-corrected chi connectivity index (χ0v) is 15.4. The van der Waals surface area contributed by atoms with E-state index in [1.54, 1.807) is 6.07 Å². The lowest BCUT2D eigenvalue weighted by Crippen LogP contribution is -2.46. The van der Waals surface area contributed by atoms with E-state index in [0.29, 0.717) is 6.54 Å². The summed E-state index contributed by atoms with van der Waals surface area (Å²) >= 11 is 1.43. The van der Waals surface area contributed by atoms with Crippen LogP contribution in [-0.4, -0.2) is 34.9 Å². The smallest absolute Gasteiger partial charge is 0.228 e. The van der Waals surface area contributed by atoms with Crippen LogP contribution >= 0.6 is 36.2 Å². The number of nitrogens with zero attached hydrogens (tertiary/aromatic N) is 2. The number of amides is 1. The number of carbonyl (C=O) groups is 1. The van der Waals surface area contributed by atoms with Gasteiger partial charge in [-0.2, -0.15) is 0 Å². The second-order valence-electron chi connectivity index (χ2n) is 5.57. The van der Waals surface area contributed by atoms with Crippen molar-refractivity contribution in [2.24, 2.45) is 5.73 Å². The number of nitrogens with two attached hydrogens (primary N) is 1. The Bertz CT molecular complexity index is 683. The van der Waals surface area contributed by atoms with Gasteiger partial charge < -0.3 is 10.6 Å². The Balaban J connectivity index is 0.00000144. The normalized spacial score (nSPS) is 16.9. The van der Waals surface area contributed by atoms with E-state index in [0.717, 1.165) is 35.7 Å². The first kappa shape index (κ1) is 20.8. The van der Waals surface area contributed by atoms with Gasteiger partial charge in [0.15, 0.2) is 0 Å². The molecule has 1 amide bonds. The van der Waals surface area contributed by atoms with Crippen LogP contribution in [0.15, 0.2) is 29.6 Å². The fourth-order valence-electron chi connectivity index (χ4n) is 2.65. The third kappa shape index (κ3) is 5.14. The van der Waals surface area contributed by atoms with Gasteiger partial charge in [0.05, 0.1) is 12.1 Å². The summed E-state index contributed by atoms with van der Waals surface area (Å²) in [6.45, 7) is 1.40. The molecule has 4 nitrogen and oxygen atoms in total. The van der Waals surface area contributed by atoms with Crippen molar-refractivity contribution in [2.45, 2.75) is 25.3 Å². The summed E-state index contributed by atoms with van der Waals surface area (Å²) in [6, 6.07) is 6.41. The number of thiazole rings is 1. The van der Waals surface area contributed by atoms with Crippen LogP contribution in [0.1, 0.15) is 18.5 Å². The molecule has 0 bridgehead atoms. The lowest BCUT2D eigenvalue weighted by Gasteiger charge is -2.30. The van der Waals surface area contributed by atoms with Gasteiger partial charge in [-0.1, -0.05) is 12.1 Å². The minimum Gasteiger partial charge on any atom is -0.341 e. The highest BCUT2D eigenvalue weighted by Gasteiger charge is 2.22. The SMILES string of the molecule is Cl.Cl.NC1CCCN(C(=O)Cc2csc(-c3cccc(F)c3)n2)C1. The molecule has 8 heteroatoms. The van der Waals surface area contributed by atoms with E-state index in [-0.39, 0.29) is 49.0 Å². The van der Waals surface area contributed by atoms with E-state index in [4.69, 9.17) is 5.73 Å². The van der Waals surface area contributed by atoms with Crippen molar-refractivity contribution < 1.29 is 9.18 Å². The number of benzene rings is 1. The minimum absolute atomic E-state index is 0. The van der Waals surface area contributed by atoms with Crippen LogP contribution in [0.25, 0.3) is 10.6 Å². The average Bonchev–Trinajstić information content (AvgIpc) is 2.96. The van der Waals surface area contributed by atoms with E-state index < -0.39 is 0 Å². The molecule has 0 saturated carbocycles. The highest BCUT2D eigenvalue weighted by molar-refractivity contribution is 7.13. The third-order valence-electron chi connectivity index (χ3n) is 3.77. The summed E-state index contributed by atoms with van der Waals surface area (Å²) in [6.07, 6.45) is 2.21. The van der Waals surface area contributed by atoms with Crippen molar-refractivity contribution in [3.63, 3.8) is 0 Å². The maximum atomic E-state index is 13.3. The third-order valence-corrected chi connectivity index (χ3v) is 4.71. The number of hydrogen-bond acceptors (Lipinski definition) is 4. The van der Waals surface area contributed by atoms with Crippen LogP contribution in [0.5, 0.6) is 0 Å². The first-order valence-electron chi connectivity index (χ1n) is 7.35. The van der Waals surface area contributed by atoms with E-state index in [9.17, 15) is 9.18 Å². The summed E-state index contributed by atoms with van der Waals surface area (Å²) in [5.74, 6) is -0.223. The van der Waals surface area contributed by atoms with Crippen molar-refractivity contribution in [3.05, 3.63) is 41.2 Å². The summed E-state index contributed by atoms with van der Waals surface area (Å²) in [7, 11) is 0. The summed E-state index contributed by atoms with van der Waals surface area (Å²) in [4.78, 5) is 18.6. The molecular formula is C16H20Cl2FN3OS. The predicted octanol–water partition coefficient (Wildman–Crippen LogP) is 3.29. The maximum absolute atomic E-state index is 13.3. The van der Waals surface area contributed by atoms with Gasteiger partial charge in [0.2, 0.25) is 5.91 Å². The van der Waals surface area contributed by atoms with Gasteiger partial charge in [0, 0.05) is 30.1 Å². The van der Waals surface area contributed by atoms with Crippen LogP contribution < -0.4 is 5.73 Å². The van der Waals surface area contributed by atoms with E-state index in [2.05, 4.69) is 4.98 Å². The largest absolute Gasteiger partial charge is 0.341 e. The van der Waals surface area contributed by atoms with Crippen LogP contribution in [0.3, 0.4) is 0 Å². The highest BCUT2D eigenvalue weighted by atomic mass is 35.5. The summed E-state index contributed by atoms with van der Waals surface area (Å²) in [5.41, 5.74) is 7.38. The molecule has 2 heterocycles. The van der Waals surface area contributed by atoms with Gasteiger partial charge >= 0.3 is 0 Å². The summed E-state index contributed by atoms with van der Waals surface area (Å²) < 4.78 is 13.3. The van der Waals surface area contributed by atoms with E-state index in [1.165, 1.54) is 23.5 Å². The Morgan fingerprint density at radius 1 is 1.42 bits per heavy atom. The van der Waals surface area contributed by atoms with Gasteiger partial charge in [0.25, 0.3) is 0 Å². The molecule has 24 heavy (non-hydrogen) atoms. The number of carbonyl (C=O) groups excluding carboxylic acids is 1. The zero-order chi connectivity index (χ0) is 15.5. The van der Waals surface area contributed by atoms with Crippen molar-refractivity contribution in [1.29, 1.82) is 0 Å². The lowest BCUT2D eigenvalue weighted by molar-refractivity contribution is -0.131. The van der Waals surface area contributed by atoms with Crippen molar-refractivity contribution in [3.8, 4) is 10.6 Å². The Labute approximate surface area is 157 Å². The van der Waals surface area contributed by atoms with Crippen LogP contribution in [0.4, 0.5) is 4.39 Å². The van der Waals surface area contributed by atoms with Gasteiger partial charge in [-0.05, 0) is 25.0 Å². The Morgan fingerprint density at radius 2 is 2.21 bits per heavy atom. The number of rotatable bonds is 3. The fraction of sp³-hybridized carbons (Fsp3) is 0.375. The van der Waals surface area contributed by atoms with Crippen molar-refractivity contribution >= 4 is 42.1 Å². The molecule has 1 atom stereocenters. The number of hydrogen-bond donors (Lipinski definition) is 1. The van der Waals surface area contributed by atoms with E-state index in [1.807, 2.05) is 16.3 Å². The molecule has 0 spiro atoms. The Kier molecular flexibility index (Phi) is 8.09. The topological polar surface area (TPSA) is 59.2 Å². The fourth-order valence-corrected chi connectivity index (χ4v) is 3.46. The molecule has 1 aromatic carbocycles. The summed E-state index contributed by atoms with van der Waals surface area (Å²) in [5, 5.41) is 2.60. The standard InChI is InChI=1S/C16H18FN3OS.2ClH/c17-12-4-1-3-11(7-12)16-19-14(10-22-16)8-15(21)20-6-2-5-13(18)9-20;;/h1,3-4,7,10,13H,2,5-6,8-9,18H2;2*1H. The van der Waals surface area contributed by atoms with E-state index >= 15 is 0 Å². The average molecular weight is 392 g/mol. The second-order valence-corrected chi connectivity index (χ2v) is 6.43. The lowest BCUT2D eigenvalue weighted by atomic mass is 10.1. The molecule has 3 rings (SSSR count). The maximum Gasteiger partial charge on any atom is 0.228 e. The second kappa shape index (κ2) is 9.32. The van der Waals surface area contributed by atoms with Gasteiger partial charge in [-0.3, -0.25) is 4.79 Å². The Hall–Kier alpha value is -1.21. The van der Waals surface area contributed by atoms with Crippen molar-refractivity contribution in [2.75, 3.05) is 13.1 Å². The Morgan fingerprint density at radius 3 is 2.92 bits per heavy atom. The minimum atomic E-state index is -0.285. The molecule has 0 radical (unpaired) electrons. The predicted molar refractivity (Wildman–Crippen MR) is 99.5 cm³/mol. The zero-order valence-electron chi connectivity index (χ0n) is 13.0. The molecular weight excluding hydrogens is 372 g/mol. The van der Waals surface area contributed by atoms with Gasteiger partial charge in [0.1, 0.15) is 10.8 Å². The molecule has 1 aromatic heterocycles. The number of halogens is 3. The highest BCUT2D eigenvalue weighted by Crippen LogP contribution is 2.24. The number of likely N-dealkylation sites (tertiary alicyclic amines) is 1. The van der Waals surface area contributed by atoms with Crippen LogP contribution in [0, 0.1) is 5.82 Å². The van der Waals surface area contributed by atoms with Gasteiger partial charge in [-0.25, -0.2) is 9.37 Å².